The Balaban J connectivity index is 1.79. The first-order valence-electron chi connectivity index (χ1n) is 8.90. The van der Waals surface area contributed by atoms with Gasteiger partial charge in [0.05, 0.1) is 21.6 Å². The zero-order valence-corrected chi connectivity index (χ0v) is 19.7. The highest BCUT2D eigenvalue weighted by atomic mass is 79.9. The van der Waals surface area contributed by atoms with Crippen LogP contribution in [-0.4, -0.2) is 18.4 Å². The molecule has 0 radical (unpaired) electrons. The van der Waals surface area contributed by atoms with Gasteiger partial charge in [0.1, 0.15) is 0 Å². The SMILES string of the molecule is Cc1ccc(S(=O)(=O)Nc2nc3ccccc3nc2Nc2ccc(Br)cc2Br)cc1. The Morgan fingerprint density at radius 3 is 2.10 bits per heavy atom. The molecule has 0 aliphatic heterocycles. The molecule has 0 aliphatic rings. The summed E-state index contributed by atoms with van der Waals surface area (Å²) in [5.41, 5.74) is 2.92. The molecule has 0 saturated carbocycles. The molecule has 0 fully saturated rings. The summed E-state index contributed by atoms with van der Waals surface area (Å²) in [6, 6.07) is 19.5. The fourth-order valence-electron chi connectivity index (χ4n) is 2.78. The summed E-state index contributed by atoms with van der Waals surface area (Å²) in [7, 11) is -3.84. The number of para-hydroxylation sites is 2. The third-order valence-corrected chi connectivity index (χ3v) is 6.82. The van der Waals surface area contributed by atoms with Crippen LogP contribution in [0.4, 0.5) is 17.3 Å². The quantitative estimate of drug-likeness (QED) is 0.320. The Morgan fingerprint density at radius 1 is 0.833 bits per heavy atom. The molecule has 1 aromatic heterocycles. The van der Waals surface area contributed by atoms with E-state index in [1.807, 2.05) is 43.3 Å². The molecule has 0 amide bonds. The second-order valence-electron chi connectivity index (χ2n) is 6.58. The number of rotatable bonds is 5. The first kappa shape index (κ1) is 20.8. The van der Waals surface area contributed by atoms with Crippen molar-refractivity contribution in [2.75, 3.05) is 10.0 Å². The standard InChI is InChI=1S/C21H16Br2N4O2S/c1-13-6-9-15(10-7-13)30(28,29)27-21-20(24-17-11-8-14(22)12-16(17)23)25-18-4-2-3-5-19(18)26-21/h2-12H,1H3,(H,24,25)(H,26,27). The molecule has 9 heteroatoms. The zero-order chi connectivity index (χ0) is 21.3. The number of benzene rings is 3. The van der Waals surface area contributed by atoms with Crippen molar-refractivity contribution in [3.63, 3.8) is 0 Å². The fraction of sp³-hybridized carbons (Fsp3) is 0.0476. The Kier molecular flexibility index (Phi) is 5.77. The van der Waals surface area contributed by atoms with Gasteiger partial charge >= 0.3 is 0 Å². The number of halogens is 2. The molecule has 1 heterocycles. The number of hydrogen-bond acceptors (Lipinski definition) is 5. The number of aromatic nitrogens is 2. The van der Waals surface area contributed by atoms with Gasteiger partial charge in [0.2, 0.25) is 0 Å². The number of anilines is 3. The van der Waals surface area contributed by atoms with Crippen LogP contribution in [0.3, 0.4) is 0 Å². The molecule has 0 atom stereocenters. The minimum atomic E-state index is -3.84. The normalized spacial score (nSPS) is 11.4. The van der Waals surface area contributed by atoms with Gasteiger partial charge in [-0.2, -0.15) is 0 Å². The number of sulfonamides is 1. The summed E-state index contributed by atoms with van der Waals surface area (Å²) in [6.07, 6.45) is 0. The van der Waals surface area contributed by atoms with E-state index < -0.39 is 10.0 Å². The van der Waals surface area contributed by atoms with Gasteiger partial charge in [0, 0.05) is 8.95 Å². The van der Waals surface area contributed by atoms with Crippen LogP contribution in [0, 0.1) is 6.92 Å². The van der Waals surface area contributed by atoms with E-state index >= 15 is 0 Å². The molecule has 4 rings (SSSR count). The number of nitrogens with one attached hydrogen (secondary N) is 2. The predicted molar refractivity (Wildman–Crippen MR) is 127 cm³/mol. The van der Waals surface area contributed by atoms with Gasteiger partial charge in [-0.05, 0) is 65.3 Å². The van der Waals surface area contributed by atoms with Crippen LogP contribution in [0.25, 0.3) is 11.0 Å². The van der Waals surface area contributed by atoms with Crippen LogP contribution < -0.4 is 10.0 Å². The summed E-state index contributed by atoms with van der Waals surface area (Å²) in [6.45, 7) is 1.90. The minimum absolute atomic E-state index is 0.115. The lowest BCUT2D eigenvalue weighted by Gasteiger charge is -2.15. The summed E-state index contributed by atoms with van der Waals surface area (Å²) < 4.78 is 30.2. The van der Waals surface area contributed by atoms with Crippen molar-refractivity contribution in [2.45, 2.75) is 11.8 Å². The van der Waals surface area contributed by atoms with Crippen molar-refractivity contribution in [2.24, 2.45) is 0 Å². The van der Waals surface area contributed by atoms with E-state index in [9.17, 15) is 8.42 Å². The Hall–Kier alpha value is -2.49. The first-order chi connectivity index (χ1) is 14.3. The molecule has 0 spiro atoms. The second-order valence-corrected chi connectivity index (χ2v) is 10.0. The summed E-state index contributed by atoms with van der Waals surface area (Å²) in [5, 5.41) is 3.18. The highest BCUT2D eigenvalue weighted by Gasteiger charge is 2.19. The van der Waals surface area contributed by atoms with E-state index in [4.69, 9.17) is 0 Å². The molecular weight excluding hydrogens is 532 g/mol. The maximum absolute atomic E-state index is 12.9. The van der Waals surface area contributed by atoms with Crippen LogP contribution >= 0.6 is 31.9 Å². The third-order valence-electron chi connectivity index (χ3n) is 4.32. The van der Waals surface area contributed by atoms with E-state index in [2.05, 4.69) is 51.9 Å². The first-order valence-corrected chi connectivity index (χ1v) is 12.0. The molecule has 152 valence electrons. The molecule has 0 aliphatic carbocycles. The Bertz CT molecular complexity index is 1340. The Morgan fingerprint density at radius 2 is 1.47 bits per heavy atom. The maximum atomic E-state index is 12.9. The van der Waals surface area contributed by atoms with E-state index in [1.165, 1.54) is 0 Å². The largest absolute Gasteiger partial charge is 0.336 e. The van der Waals surface area contributed by atoms with Crippen LogP contribution in [0.5, 0.6) is 0 Å². The van der Waals surface area contributed by atoms with Gasteiger partial charge in [-0.25, -0.2) is 18.4 Å². The van der Waals surface area contributed by atoms with Crippen molar-refractivity contribution in [3.05, 3.63) is 81.2 Å². The lowest BCUT2D eigenvalue weighted by Crippen LogP contribution is -2.16. The number of aryl methyl sites for hydroxylation is 1. The number of hydrogen-bond donors (Lipinski definition) is 2. The molecule has 2 N–H and O–H groups in total. The van der Waals surface area contributed by atoms with E-state index in [-0.39, 0.29) is 10.7 Å². The topological polar surface area (TPSA) is 84.0 Å². The lowest BCUT2D eigenvalue weighted by molar-refractivity contribution is 0.601. The lowest BCUT2D eigenvalue weighted by atomic mass is 10.2. The maximum Gasteiger partial charge on any atom is 0.263 e. The summed E-state index contributed by atoms with van der Waals surface area (Å²) in [5.74, 6) is 0.413. The second kappa shape index (κ2) is 8.33. The van der Waals surface area contributed by atoms with Gasteiger partial charge < -0.3 is 5.32 Å². The van der Waals surface area contributed by atoms with Crippen molar-refractivity contribution in [3.8, 4) is 0 Å². The third kappa shape index (κ3) is 4.48. The van der Waals surface area contributed by atoms with Gasteiger partial charge in [-0.15, -0.1) is 0 Å². The molecule has 0 unspecified atom stereocenters. The van der Waals surface area contributed by atoms with E-state index in [0.717, 1.165) is 20.2 Å². The average Bonchev–Trinajstić information content (AvgIpc) is 2.70. The fourth-order valence-corrected chi connectivity index (χ4v) is 4.94. The van der Waals surface area contributed by atoms with Crippen LogP contribution in [0.2, 0.25) is 0 Å². The van der Waals surface area contributed by atoms with Crippen molar-refractivity contribution in [1.82, 2.24) is 9.97 Å². The van der Waals surface area contributed by atoms with Crippen molar-refractivity contribution in [1.29, 1.82) is 0 Å². The van der Waals surface area contributed by atoms with Gasteiger partial charge in [-0.1, -0.05) is 45.8 Å². The molecule has 6 nitrogen and oxygen atoms in total. The van der Waals surface area contributed by atoms with Crippen LogP contribution in [-0.2, 0) is 10.0 Å². The van der Waals surface area contributed by atoms with Crippen LogP contribution in [0.1, 0.15) is 5.56 Å². The smallest absolute Gasteiger partial charge is 0.263 e. The van der Waals surface area contributed by atoms with Crippen molar-refractivity contribution < 1.29 is 8.42 Å². The summed E-state index contributed by atoms with van der Waals surface area (Å²) >= 11 is 6.93. The van der Waals surface area contributed by atoms with E-state index in [0.29, 0.717) is 16.9 Å². The average molecular weight is 548 g/mol. The van der Waals surface area contributed by atoms with Crippen LogP contribution in [0.15, 0.2) is 80.6 Å². The molecule has 0 saturated heterocycles. The van der Waals surface area contributed by atoms with Gasteiger partial charge in [0.25, 0.3) is 10.0 Å². The molecule has 0 bridgehead atoms. The van der Waals surface area contributed by atoms with Gasteiger partial charge in [-0.3, -0.25) is 4.72 Å². The molecule has 3 aromatic carbocycles. The molecular formula is C21H16Br2N4O2S. The molecule has 30 heavy (non-hydrogen) atoms. The highest BCUT2D eigenvalue weighted by Crippen LogP contribution is 2.32. The molecule has 4 aromatic rings. The van der Waals surface area contributed by atoms with Crippen molar-refractivity contribution >= 4 is 70.2 Å². The van der Waals surface area contributed by atoms with E-state index in [1.54, 1.807) is 30.3 Å². The predicted octanol–water partition coefficient (Wildman–Crippen LogP) is 6.01. The monoisotopic (exact) mass is 546 g/mol. The Labute approximate surface area is 191 Å². The number of nitrogens with zero attached hydrogens (tertiary/aromatic N) is 2. The van der Waals surface area contributed by atoms with Gasteiger partial charge in [0.15, 0.2) is 11.6 Å². The summed E-state index contributed by atoms with van der Waals surface area (Å²) in [4.78, 5) is 9.25. The zero-order valence-electron chi connectivity index (χ0n) is 15.7. The minimum Gasteiger partial charge on any atom is -0.336 e. The highest BCUT2D eigenvalue weighted by molar-refractivity contribution is 9.11. The number of fused-ring (bicyclic) bond motifs is 1.